The number of carbonyl (C=O) groups excluding carboxylic acids is 2. The number of pyridine rings is 2. The van der Waals surface area contributed by atoms with Crippen molar-refractivity contribution < 1.29 is 9.59 Å². The maximum atomic E-state index is 12.4. The Morgan fingerprint density at radius 2 is 1.96 bits per heavy atom. The maximum absolute atomic E-state index is 12.4. The fraction of sp³-hybridized carbons (Fsp3) is 0.125. The molecule has 0 atom stereocenters. The summed E-state index contributed by atoms with van der Waals surface area (Å²) in [4.78, 5) is 33.4. The second-order valence-electron chi connectivity index (χ2n) is 5.07. The number of ketones is 1. The minimum absolute atomic E-state index is 0.0784. The van der Waals surface area contributed by atoms with E-state index in [2.05, 4.69) is 15.3 Å². The van der Waals surface area contributed by atoms with Gasteiger partial charge in [-0.3, -0.25) is 14.6 Å². The monoisotopic (exact) mass is 326 g/mol. The average molecular weight is 326 g/mol. The molecule has 3 aromatic heterocycles. The third kappa shape index (κ3) is 2.78. The standard InChI is InChI=1S/C16H14N4O2S/c1-8-11(9(2)21)7-12-13(17)14(23-16(12)19-8)15(22)20-10-3-5-18-6-4-10/h3-7H,17H2,1-2H3,(H,18,20,22). The van der Waals surface area contributed by atoms with Gasteiger partial charge in [-0.05, 0) is 32.0 Å². The Balaban J connectivity index is 2.03. The van der Waals surface area contributed by atoms with Crippen molar-refractivity contribution in [1.29, 1.82) is 0 Å². The Morgan fingerprint density at radius 3 is 2.61 bits per heavy atom. The van der Waals surface area contributed by atoms with Crippen LogP contribution in [0, 0.1) is 6.92 Å². The highest BCUT2D eigenvalue weighted by Crippen LogP contribution is 2.34. The summed E-state index contributed by atoms with van der Waals surface area (Å²) in [5.74, 6) is -0.385. The molecule has 6 nitrogen and oxygen atoms in total. The van der Waals surface area contributed by atoms with Gasteiger partial charge in [-0.15, -0.1) is 11.3 Å². The van der Waals surface area contributed by atoms with E-state index in [1.165, 1.54) is 18.3 Å². The molecule has 0 radical (unpaired) electrons. The predicted molar refractivity (Wildman–Crippen MR) is 91.0 cm³/mol. The molecular formula is C16H14N4O2S. The molecule has 0 bridgehead atoms. The van der Waals surface area contributed by atoms with Crippen LogP contribution in [0.2, 0.25) is 0 Å². The number of amides is 1. The molecule has 3 heterocycles. The molecule has 3 aromatic rings. The summed E-state index contributed by atoms with van der Waals surface area (Å²) in [5, 5.41) is 3.40. The van der Waals surface area contributed by atoms with Crippen LogP contribution in [0.3, 0.4) is 0 Å². The molecule has 3 N–H and O–H groups in total. The second kappa shape index (κ2) is 5.77. The predicted octanol–water partition coefficient (Wildman–Crippen LogP) is 3.04. The van der Waals surface area contributed by atoms with Gasteiger partial charge in [0.15, 0.2) is 5.78 Å². The molecule has 0 saturated carbocycles. The number of Topliss-reactive ketones (excluding diaryl/α,β-unsaturated/α-hetero) is 1. The molecule has 0 spiro atoms. The Bertz CT molecular complexity index is 919. The molecule has 116 valence electrons. The van der Waals surface area contributed by atoms with Crippen LogP contribution in [0.15, 0.2) is 30.6 Å². The van der Waals surface area contributed by atoms with E-state index in [-0.39, 0.29) is 11.7 Å². The van der Waals surface area contributed by atoms with Gasteiger partial charge in [-0.25, -0.2) is 4.98 Å². The number of anilines is 2. The summed E-state index contributed by atoms with van der Waals surface area (Å²) in [5.41, 5.74) is 8.22. The number of nitrogens with two attached hydrogens (primary N) is 1. The van der Waals surface area contributed by atoms with Crippen LogP contribution in [0.4, 0.5) is 11.4 Å². The number of hydrogen-bond acceptors (Lipinski definition) is 6. The summed E-state index contributed by atoms with van der Waals surface area (Å²) >= 11 is 1.21. The third-order valence-electron chi connectivity index (χ3n) is 3.44. The number of aromatic nitrogens is 2. The van der Waals surface area contributed by atoms with Crippen LogP contribution in [-0.4, -0.2) is 21.7 Å². The van der Waals surface area contributed by atoms with Crippen LogP contribution in [0.5, 0.6) is 0 Å². The smallest absolute Gasteiger partial charge is 0.267 e. The van der Waals surface area contributed by atoms with Gasteiger partial charge >= 0.3 is 0 Å². The van der Waals surface area contributed by atoms with Gasteiger partial charge in [-0.1, -0.05) is 0 Å². The van der Waals surface area contributed by atoms with E-state index in [4.69, 9.17) is 5.73 Å². The summed E-state index contributed by atoms with van der Waals surface area (Å²) < 4.78 is 0. The van der Waals surface area contributed by atoms with E-state index in [9.17, 15) is 9.59 Å². The molecule has 1 amide bonds. The molecule has 0 unspecified atom stereocenters. The van der Waals surface area contributed by atoms with E-state index in [1.807, 2.05) is 0 Å². The highest BCUT2D eigenvalue weighted by atomic mass is 32.1. The summed E-state index contributed by atoms with van der Waals surface area (Å²) in [6, 6.07) is 5.09. The number of nitrogens with zero attached hydrogens (tertiary/aromatic N) is 2. The normalized spacial score (nSPS) is 10.7. The van der Waals surface area contributed by atoms with Crippen molar-refractivity contribution in [1.82, 2.24) is 9.97 Å². The van der Waals surface area contributed by atoms with Gasteiger partial charge in [-0.2, -0.15) is 0 Å². The first-order valence-electron chi connectivity index (χ1n) is 6.89. The Hall–Kier alpha value is -2.80. The van der Waals surface area contributed by atoms with Crippen LogP contribution in [0.25, 0.3) is 10.2 Å². The lowest BCUT2D eigenvalue weighted by atomic mass is 10.1. The molecule has 23 heavy (non-hydrogen) atoms. The van der Waals surface area contributed by atoms with E-state index >= 15 is 0 Å². The minimum Gasteiger partial charge on any atom is -0.397 e. The fourth-order valence-corrected chi connectivity index (χ4v) is 3.29. The first-order chi connectivity index (χ1) is 11.0. The van der Waals surface area contributed by atoms with Gasteiger partial charge < -0.3 is 11.1 Å². The van der Waals surface area contributed by atoms with Crippen LogP contribution in [-0.2, 0) is 0 Å². The molecular weight excluding hydrogens is 312 g/mol. The average Bonchev–Trinajstić information content (AvgIpc) is 2.83. The van der Waals surface area contributed by atoms with Crippen LogP contribution in [0.1, 0.15) is 32.6 Å². The van der Waals surface area contributed by atoms with E-state index < -0.39 is 0 Å². The summed E-state index contributed by atoms with van der Waals surface area (Å²) in [6.45, 7) is 3.25. The van der Waals surface area contributed by atoms with Gasteiger partial charge in [0.2, 0.25) is 0 Å². The number of carbonyl (C=O) groups is 2. The van der Waals surface area contributed by atoms with E-state index in [1.54, 1.807) is 37.5 Å². The number of nitrogens with one attached hydrogen (secondary N) is 1. The highest BCUT2D eigenvalue weighted by molar-refractivity contribution is 7.21. The van der Waals surface area contributed by atoms with Crippen molar-refractivity contribution in [2.24, 2.45) is 0 Å². The maximum Gasteiger partial charge on any atom is 0.267 e. The lowest BCUT2D eigenvalue weighted by Gasteiger charge is -2.03. The highest BCUT2D eigenvalue weighted by Gasteiger charge is 2.19. The zero-order chi connectivity index (χ0) is 16.6. The van der Waals surface area contributed by atoms with Gasteiger partial charge in [0.1, 0.15) is 9.71 Å². The lowest BCUT2D eigenvalue weighted by Crippen LogP contribution is -2.11. The van der Waals surface area contributed by atoms with Crippen LogP contribution >= 0.6 is 11.3 Å². The zero-order valence-electron chi connectivity index (χ0n) is 12.6. The SMILES string of the molecule is CC(=O)c1cc2c(N)c(C(=O)Nc3ccncc3)sc2nc1C. The van der Waals surface area contributed by atoms with Crippen molar-refractivity contribution >= 4 is 44.6 Å². The van der Waals surface area contributed by atoms with Gasteiger partial charge in [0, 0.05) is 34.7 Å². The van der Waals surface area contributed by atoms with Crippen molar-refractivity contribution in [3.05, 3.63) is 46.7 Å². The Kier molecular flexibility index (Phi) is 3.79. The van der Waals surface area contributed by atoms with Crippen molar-refractivity contribution in [3.8, 4) is 0 Å². The Morgan fingerprint density at radius 1 is 1.26 bits per heavy atom. The molecule has 0 saturated heterocycles. The second-order valence-corrected chi connectivity index (χ2v) is 6.06. The number of nitrogen functional groups attached to an aromatic ring is 1. The largest absolute Gasteiger partial charge is 0.397 e. The first kappa shape index (κ1) is 15.1. The first-order valence-corrected chi connectivity index (χ1v) is 7.71. The van der Waals surface area contributed by atoms with Gasteiger partial charge in [0.05, 0.1) is 5.69 Å². The van der Waals surface area contributed by atoms with Crippen molar-refractivity contribution in [2.75, 3.05) is 11.1 Å². The molecule has 3 rings (SSSR count). The Labute approximate surface area is 136 Å². The molecule has 0 fully saturated rings. The molecule has 0 aliphatic rings. The number of rotatable bonds is 3. The molecule has 7 heteroatoms. The molecule has 0 aliphatic heterocycles. The number of aryl methyl sites for hydroxylation is 1. The lowest BCUT2D eigenvalue weighted by molar-refractivity contribution is 0.101. The van der Waals surface area contributed by atoms with Crippen LogP contribution < -0.4 is 11.1 Å². The molecule has 0 aliphatic carbocycles. The van der Waals surface area contributed by atoms with Gasteiger partial charge in [0.25, 0.3) is 5.91 Å². The van der Waals surface area contributed by atoms with Crippen molar-refractivity contribution in [2.45, 2.75) is 13.8 Å². The minimum atomic E-state index is -0.307. The fourth-order valence-electron chi connectivity index (χ4n) is 2.28. The van der Waals surface area contributed by atoms with Crippen molar-refractivity contribution in [3.63, 3.8) is 0 Å². The zero-order valence-corrected chi connectivity index (χ0v) is 13.4. The number of thiophene rings is 1. The molecule has 0 aromatic carbocycles. The number of fused-ring (bicyclic) bond motifs is 1. The number of hydrogen-bond donors (Lipinski definition) is 2. The third-order valence-corrected chi connectivity index (χ3v) is 4.55. The summed E-state index contributed by atoms with van der Waals surface area (Å²) in [7, 11) is 0. The van der Waals surface area contributed by atoms with E-state index in [0.717, 1.165) is 0 Å². The summed E-state index contributed by atoms with van der Waals surface area (Å²) in [6.07, 6.45) is 3.18. The van der Waals surface area contributed by atoms with E-state index in [0.29, 0.717) is 37.7 Å². The topological polar surface area (TPSA) is 98.0 Å². The quantitative estimate of drug-likeness (QED) is 0.721.